The molecule has 0 aliphatic carbocycles. The van der Waals surface area contributed by atoms with Crippen LogP contribution in [0, 0.1) is 6.92 Å². The minimum atomic E-state index is -0.0399. The molecule has 4 heterocycles. The van der Waals surface area contributed by atoms with Gasteiger partial charge in [0.2, 0.25) is 5.82 Å². The van der Waals surface area contributed by atoms with Gasteiger partial charge in [0.15, 0.2) is 0 Å². The average molecular weight is 359 g/mol. The van der Waals surface area contributed by atoms with Crippen LogP contribution in [-0.4, -0.2) is 24.2 Å². The Morgan fingerprint density at radius 3 is 2.93 bits per heavy atom. The van der Waals surface area contributed by atoms with E-state index in [0.717, 1.165) is 17.8 Å². The van der Waals surface area contributed by atoms with E-state index >= 15 is 0 Å². The highest BCUT2D eigenvalue weighted by atomic mass is 16.1. The molecule has 5 aromatic rings. The number of nitrogens with one attached hydrogen (secondary N) is 1. The summed E-state index contributed by atoms with van der Waals surface area (Å²) in [5, 5.41) is 4.94. The zero-order valence-electron chi connectivity index (χ0n) is 15.2. The largest absolute Gasteiger partial charge is 0.457 e. The molecule has 27 heavy (non-hydrogen) atoms. The van der Waals surface area contributed by atoms with Gasteiger partial charge in [-0.1, -0.05) is 28.2 Å². The van der Waals surface area contributed by atoms with Gasteiger partial charge in [-0.05, 0) is 24.1 Å². The molecule has 7 heteroatoms. The number of aromatic amines is 1. The number of hydrogen-bond acceptors (Lipinski definition) is 3. The highest BCUT2D eigenvalue weighted by Gasteiger charge is 2.16. The van der Waals surface area contributed by atoms with Crippen molar-refractivity contribution in [2.24, 2.45) is 7.05 Å². The van der Waals surface area contributed by atoms with Crippen LogP contribution in [0.5, 0.6) is 0 Å². The van der Waals surface area contributed by atoms with Crippen LogP contribution >= 0.6 is 0 Å². The third-order valence-corrected chi connectivity index (χ3v) is 5.07. The minimum Gasteiger partial charge on any atom is -0.350 e. The van der Waals surface area contributed by atoms with Crippen LogP contribution in [0.2, 0.25) is 0 Å². The zero-order valence-corrected chi connectivity index (χ0v) is 15.2. The molecule has 1 N–H and O–H groups in total. The van der Waals surface area contributed by atoms with E-state index in [1.165, 1.54) is 16.5 Å². The van der Waals surface area contributed by atoms with Crippen LogP contribution in [0.1, 0.15) is 11.4 Å². The lowest BCUT2D eigenvalue weighted by Gasteiger charge is -2.06. The molecule has 0 aliphatic rings. The predicted octanol–water partition coefficient (Wildman–Crippen LogP) is 1.90. The number of nitrogens with zero attached hydrogens (tertiary/aromatic N) is 5. The summed E-state index contributed by atoms with van der Waals surface area (Å²) < 4.78 is 5.63. The molecule has 0 saturated carbocycles. The minimum absolute atomic E-state index is 0.0399. The second-order valence-electron chi connectivity index (χ2n) is 6.85. The number of rotatable bonds is 3. The van der Waals surface area contributed by atoms with Crippen molar-refractivity contribution < 1.29 is 4.52 Å². The summed E-state index contributed by atoms with van der Waals surface area (Å²) >= 11 is 0. The normalized spacial score (nSPS) is 11.8. The lowest BCUT2D eigenvalue weighted by molar-refractivity contribution is -0.552. The molecule has 0 bridgehead atoms. The molecule has 0 atom stereocenters. The fourth-order valence-electron chi connectivity index (χ4n) is 3.75. The lowest BCUT2D eigenvalue weighted by Crippen LogP contribution is -2.30. The number of H-pyrrole nitrogens is 1. The second kappa shape index (κ2) is 5.77. The van der Waals surface area contributed by atoms with Gasteiger partial charge in [-0.3, -0.25) is 4.79 Å². The van der Waals surface area contributed by atoms with Gasteiger partial charge < -0.3 is 9.13 Å². The lowest BCUT2D eigenvalue weighted by atomic mass is 10.1. The van der Waals surface area contributed by atoms with Crippen molar-refractivity contribution in [3.05, 3.63) is 70.7 Å². The molecule has 4 aromatic heterocycles. The smallest absolute Gasteiger partial charge is 0.350 e. The Morgan fingerprint density at radius 2 is 2.04 bits per heavy atom. The highest BCUT2D eigenvalue weighted by Crippen LogP contribution is 2.21. The molecule has 0 radical (unpaired) electrons. The number of pyridine rings is 1. The third-order valence-electron chi connectivity index (χ3n) is 5.07. The molecule has 0 spiro atoms. The third kappa shape index (κ3) is 2.43. The maximum atomic E-state index is 12.9. The van der Waals surface area contributed by atoms with Gasteiger partial charge in [0.1, 0.15) is 17.1 Å². The van der Waals surface area contributed by atoms with Crippen molar-refractivity contribution in [1.29, 1.82) is 0 Å². The van der Waals surface area contributed by atoms with Crippen LogP contribution in [0.3, 0.4) is 0 Å². The maximum Gasteiger partial charge on any atom is 0.457 e. The summed E-state index contributed by atoms with van der Waals surface area (Å²) in [7, 11) is 2.05. The van der Waals surface area contributed by atoms with E-state index < -0.39 is 0 Å². The zero-order chi connectivity index (χ0) is 18.5. The molecule has 0 aliphatic heterocycles. The van der Waals surface area contributed by atoms with Crippen molar-refractivity contribution in [3.8, 4) is 0 Å². The Bertz CT molecular complexity index is 1370. The molecular weight excluding hydrogens is 340 g/mol. The first-order valence-electron chi connectivity index (χ1n) is 8.91. The van der Waals surface area contributed by atoms with E-state index in [2.05, 4.69) is 51.1 Å². The van der Waals surface area contributed by atoms with E-state index in [1.807, 2.05) is 25.3 Å². The van der Waals surface area contributed by atoms with Crippen molar-refractivity contribution in [2.75, 3.05) is 0 Å². The van der Waals surface area contributed by atoms with Crippen molar-refractivity contribution in [2.45, 2.75) is 19.9 Å². The Hall–Kier alpha value is -3.48. The van der Waals surface area contributed by atoms with Gasteiger partial charge in [0.05, 0.1) is 0 Å². The van der Waals surface area contributed by atoms with Crippen LogP contribution in [0.25, 0.3) is 27.6 Å². The number of benzene rings is 1. The molecule has 1 aromatic carbocycles. The summed E-state index contributed by atoms with van der Waals surface area (Å²) in [4.78, 5) is 21.5. The fourth-order valence-corrected chi connectivity index (χ4v) is 3.75. The topological polar surface area (TPSA) is 72.6 Å². The molecule has 7 nitrogen and oxygen atoms in total. The van der Waals surface area contributed by atoms with Gasteiger partial charge >= 0.3 is 5.78 Å². The van der Waals surface area contributed by atoms with E-state index in [-0.39, 0.29) is 5.56 Å². The van der Waals surface area contributed by atoms with Gasteiger partial charge in [0.25, 0.3) is 5.56 Å². The van der Waals surface area contributed by atoms with E-state index in [4.69, 9.17) is 0 Å². The average Bonchev–Trinajstić information content (AvgIpc) is 3.21. The Labute approximate surface area is 154 Å². The summed E-state index contributed by atoms with van der Waals surface area (Å²) in [6, 6.07) is 10.3. The maximum absolute atomic E-state index is 12.9. The number of aromatic nitrogens is 6. The van der Waals surface area contributed by atoms with E-state index in [1.54, 1.807) is 15.3 Å². The molecular formula is C20H19N6O+. The van der Waals surface area contributed by atoms with Gasteiger partial charge in [0, 0.05) is 43.8 Å². The summed E-state index contributed by atoms with van der Waals surface area (Å²) in [6.07, 6.45) is 6.39. The Morgan fingerprint density at radius 1 is 1.19 bits per heavy atom. The van der Waals surface area contributed by atoms with Crippen molar-refractivity contribution >= 4 is 27.6 Å². The first-order valence-corrected chi connectivity index (χ1v) is 8.91. The first kappa shape index (κ1) is 15.7. The van der Waals surface area contributed by atoms with Crippen LogP contribution in [0.4, 0.5) is 0 Å². The van der Waals surface area contributed by atoms with Crippen molar-refractivity contribution in [1.82, 2.24) is 24.2 Å². The fraction of sp³-hybridized carbons (Fsp3) is 0.200. The number of aryl methyl sites for hydroxylation is 4. The molecule has 0 unspecified atom stereocenters. The first-order chi connectivity index (χ1) is 13.1. The molecule has 0 saturated heterocycles. The Kier molecular flexibility index (Phi) is 3.36. The number of fused-ring (bicyclic) bond motifs is 4. The van der Waals surface area contributed by atoms with E-state index in [9.17, 15) is 4.79 Å². The van der Waals surface area contributed by atoms with Gasteiger partial charge in [-0.25, -0.2) is 5.10 Å². The quantitative estimate of drug-likeness (QED) is 0.500. The Balaban J connectivity index is 1.54. The van der Waals surface area contributed by atoms with Crippen molar-refractivity contribution in [3.63, 3.8) is 0 Å². The summed E-state index contributed by atoms with van der Waals surface area (Å²) in [5.41, 5.74) is 3.19. The highest BCUT2D eigenvalue weighted by molar-refractivity contribution is 5.83. The van der Waals surface area contributed by atoms with Crippen LogP contribution in [0.15, 0.2) is 53.7 Å². The molecule has 0 fully saturated rings. The number of para-hydroxylation sites is 1. The summed E-state index contributed by atoms with van der Waals surface area (Å²) in [5.74, 6) is 1.32. The molecule has 0 amide bonds. The predicted molar refractivity (Wildman–Crippen MR) is 103 cm³/mol. The molecule has 134 valence electrons. The van der Waals surface area contributed by atoms with Gasteiger partial charge in [-0.15, -0.1) is 4.52 Å². The SMILES string of the molecule is Cc1nc2ncc3c(=O)n(CCc4cn(C)c5ccccc45)ccc3[n+]2[nH]1. The summed E-state index contributed by atoms with van der Waals surface area (Å²) in [6.45, 7) is 2.49. The number of hydrogen-bond donors (Lipinski definition) is 1. The standard InChI is InChI=1S/C20H18N6O/c1-13-22-20-21-11-16-18(26(20)23-13)8-10-25(19(16)27)9-7-14-12-24(2)17-6-4-3-5-15(14)17/h3-6,8,10-12H,7,9H2,1-2H3/p+1. The monoisotopic (exact) mass is 359 g/mol. The molecule has 5 rings (SSSR count). The van der Waals surface area contributed by atoms with Gasteiger partial charge in [-0.2, -0.15) is 0 Å². The van der Waals surface area contributed by atoms with E-state index in [0.29, 0.717) is 17.7 Å². The van der Waals surface area contributed by atoms with Crippen LogP contribution < -0.4 is 10.1 Å². The van der Waals surface area contributed by atoms with Crippen LogP contribution in [-0.2, 0) is 20.0 Å². The second-order valence-corrected chi connectivity index (χ2v) is 6.85.